The van der Waals surface area contributed by atoms with Crippen molar-refractivity contribution in [2.24, 2.45) is 16.3 Å². The number of nitrogens with one attached hydrogen (secondary N) is 4. The van der Waals surface area contributed by atoms with Crippen LogP contribution in [0.5, 0.6) is 0 Å². The summed E-state index contributed by atoms with van der Waals surface area (Å²) in [5.74, 6) is -6.42. The number of carbonyl (C=O) groups excluding carboxylic acids is 4. The second kappa shape index (κ2) is 21.2. The number of hydrogen-bond donors (Lipinski definition) is 5. The average molecular weight is 999 g/mol. The molecule has 7 heterocycles. The van der Waals surface area contributed by atoms with E-state index in [-0.39, 0.29) is 56.5 Å². The number of likely N-dealkylation sites (tertiary alicyclic amines) is 3. The first-order valence-electron chi connectivity index (χ1n) is 24.2. The molecule has 0 aromatic heterocycles. The third-order valence-corrected chi connectivity index (χ3v) is 15.6. The number of hydrogen-bond acceptors (Lipinski definition) is 13. The Morgan fingerprint density at radius 1 is 0.929 bits per heavy atom. The second-order valence-electron chi connectivity index (χ2n) is 19.5. The van der Waals surface area contributed by atoms with E-state index in [1.807, 2.05) is 35.2 Å². The lowest BCUT2D eigenvalue weighted by atomic mass is 9.68. The highest BCUT2D eigenvalue weighted by Gasteiger charge is 2.58. The van der Waals surface area contributed by atoms with Gasteiger partial charge in [-0.15, -0.1) is 0 Å². The number of halogens is 5. The van der Waals surface area contributed by atoms with Crippen LogP contribution in [-0.2, 0) is 22.6 Å². The predicted octanol–water partition coefficient (Wildman–Crippen LogP) is 4.94. The summed E-state index contributed by atoms with van der Waals surface area (Å²) in [6.45, 7) is 2.84. The number of aliphatic hydroxyl groups is 1. The molecule has 1 aliphatic carbocycles. The van der Waals surface area contributed by atoms with E-state index in [1.54, 1.807) is 30.3 Å². The summed E-state index contributed by atoms with van der Waals surface area (Å²) in [6, 6.07) is 10.4. The fraction of sp³-hybridized carbons (Fsp3) is 0.571. The molecule has 5 N–H and O–H groups in total. The molecule has 4 amide bonds. The van der Waals surface area contributed by atoms with Gasteiger partial charge in [0.05, 0.1) is 29.5 Å². The van der Waals surface area contributed by atoms with Crippen LogP contribution >= 0.6 is 11.6 Å². The number of amides is 4. The van der Waals surface area contributed by atoms with E-state index in [0.29, 0.717) is 86.8 Å². The van der Waals surface area contributed by atoms with E-state index >= 15 is 17.6 Å². The first kappa shape index (κ1) is 51.1. The van der Waals surface area contributed by atoms with Crippen LogP contribution in [-0.4, -0.2) is 159 Å². The summed E-state index contributed by atoms with van der Waals surface area (Å²) >= 11 is 5.97. The Morgan fingerprint density at radius 2 is 1.67 bits per heavy atom. The molecule has 4 saturated heterocycles. The minimum absolute atomic E-state index is 0.0137. The first-order valence-corrected chi connectivity index (χ1v) is 24.5. The third kappa shape index (κ3) is 10.5. The number of aldehydes is 1. The molecular formula is C49H64ClF4N11O5. The van der Waals surface area contributed by atoms with Gasteiger partial charge in [0.25, 0.3) is 17.8 Å². The monoisotopic (exact) mass is 997 g/mol. The van der Waals surface area contributed by atoms with E-state index < -0.39 is 35.8 Å². The van der Waals surface area contributed by atoms with Gasteiger partial charge in [0, 0.05) is 87.7 Å². The smallest absolute Gasteiger partial charge is 0.328 e. The van der Waals surface area contributed by atoms with Gasteiger partial charge in [0.2, 0.25) is 5.91 Å². The van der Waals surface area contributed by atoms with Gasteiger partial charge >= 0.3 is 6.03 Å². The van der Waals surface area contributed by atoms with Crippen molar-refractivity contribution in [1.82, 2.24) is 41.1 Å². The van der Waals surface area contributed by atoms with Crippen LogP contribution in [0.2, 0.25) is 5.02 Å². The largest absolute Gasteiger partial charge is 0.400 e. The summed E-state index contributed by atoms with van der Waals surface area (Å²) in [6.07, 6.45) is 9.77. The maximum Gasteiger partial charge on any atom is 0.328 e. The van der Waals surface area contributed by atoms with Gasteiger partial charge in [-0.3, -0.25) is 49.8 Å². The number of piperidine rings is 3. The topological polar surface area (TPSA) is 168 Å². The fourth-order valence-corrected chi connectivity index (χ4v) is 11.1. The van der Waals surface area contributed by atoms with E-state index in [4.69, 9.17) is 16.7 Å². The minimum atomic E-state index is -2.97. The van der Waals surface area contributed by atoms with E-state index in [1.165, 1.54) is 11.0 Å². The number of aliphatic hydroxyl groups excluding tert-OH is 1. The number of rotatable bonds is 9. The molecule has 0 bridgehead atoms. The molecule has 21 heteroatoms. The predicted molar refractivity (Wildman–Crippen MR) is 259 cm³/mol. The van der Waals surface area contributed by atoms with Crippen LogP contribution in [0.3, 0.4) is 0 Å². The zero-order valence-electron chi connectivity index (χ0n) is 40.0. The number of urea groups is 1. The number of nitrogens with zero attached hydrogens (tertiary/aromatic N) is 7. The maximum atomic E-state index is 15.8. The molecule has 2 aromatic carbocycles. The molecule has 5 fully saturated rings. The van der Waals surface area contributed by atoms with Crippen molar-refractivity contribution < 1.29 is 41.8 Å². The molecule has 2 atom stereocenters. The van der Waals surface area contributed by atoms with E-state index in [0.717, 1.165) is 61.1 Å². The molecule has 2 aromatic rings. The van der Waals surface area contributed by atoms with Gasteiger partial charge in [-0.25, -0.2) is 22.4 Å². The Labute approximate surface area is 411 Å². The van der Waals surface area contributed by atoms with Gasteiger partial charge in [0.1, 0.15) is 17.8 Å². The molecule has 10 rings (SSSR count). The molecule has 2 unspecified atom stereocenters. The van der Waals surface area contributed by atoms with Gasteiger partial charge in [0.15, 0.2) is 6.17 Å². The van der Waals surface area contributed by atoms with Crippen LogP contribution in [0.25, 0.3) is 0 Å². The molecule has 8 aliphatic rings. The number of anilines is 2. The first-order chi connectivity index (χ1) is 33.6. The van der Waals surface area contributed by atoms with Gasteiger partial charge in [-0.2, -0.15) is 0 Å². The molecule has 16 nitrogen and oxygen atoms in total. The number of hydrazine groups is 1. The Morgan fingerprint density at radius 3 is 2.34 bits per heavy atom. The molecular weight excluding hydrogens is 934 g/mol. The van der Waals surface area contributed by atoms with Crippen molar-refractivity contribution in [2.75, 3.05) is 89.9 Å². The van der Waals surface area contributed by atoms with Crippen molar-refractivity contribution in [3.05, 3.63) is 81.9 Å². The quantitative estimate of drug-likeness (QED) is 0.170. The Hall–Kier alpha value is -5.28. The number of imide groups is 1. The highest BCUT2D eigenvalue weighted by molar-refractivity contribution is 6.34. The maximum absolute atomic E-state index is 15.8. The Kier molecular flexibility index (Phi) is 15.5. The third-order valence-electron chi connectivity index (χ3n) is 15.2. The molecule has 0 radical (unpaired) electrons. The van der Waals surface area contributed by atoms with Crippen LogP contribution in [0.1, 0.15) is 72.9 Å². The summed E-state index contributed by atoms with van der Waals surface area (Å²) in [7, 11) is 4.70. The summed E-state index contributed by atoms with van der Waals surface area (Å²) in [4.78, 5) is 60.0. The highest BCUT2D eigenvalue weighted by Crippen LogP contribution is 2.51. The summed E-state index contributed by atoms with van der Waals surface area (Å²) < 4.78 is 62.6. The van der Waals surface area contributed by atoms with Crippen molar-refractivity contribution in [1.29, 1.82) is 0 Å². The van der Waals surface area contributed by atoms with Gasteiger partial charge < -0.3 is 25.5 Å². The van der Waals surface area contributed by atoms with Crippen LogP contribution < -0.4 is 31.2 Å². The van der Waals surface area contributed by atoms with Crippen LogP contribution in [0.15, 0.2) is 65.2 Å². The highest BCUT2D eigenvalue weighted by atomic mass is 35.5. The standard InChI is InChI=1S/C37H51F4N9O.C11H9ClN2O3.CH4O/c1-42-29-19-32(45-50-31(20-43-33(29)50)34(51)44-27-6-4-7-27)49-15-10-28-25(5-3-8-30(28)49)21-47-14-9-26(36(38,39)23-47)22-48-18-13-35(37(40,41)24-48)11-16-46(2)17-12-35;12-8-2-1-7(6-15)5-9(8)14-4-3-10(16)13-11(14)17;1-2/h3,5,8,19-20,26-27,33,43,45H,4,6-7,9-18,21-24H2,1-2H3,(H,44,51);1-2,5-6H,3-4H2,(H,13,16,17);2H,1H3. The lowest BCUT2D eigenvalue weighted by molar-refractivity contribution is -0.194. The second-order valence-corrected chi connectivity index (χ2v) is 19.9. The minimum Gasteiger partial charge on any atom is -0.400 e. The number of benzene rings is 2. The summed E-state index contributed by atoms with van der Waals surface area (Å²) in [5, 5.41) is 17.8. The van der Waals surface area contributed by atoms with Crippen molar-refractivity contribution in [3.8, 4) is 0 Å². The molecule has 380 valence electrons. The zero-order chi connectivity index (χ0) is 50.0. The average Bonchev–Trinajstić information content (AvgIpc) is 3.97. The van der Waals surface area contributed by atoms with Crippen LogP contribution in [0, 0.1) is 11.3 Å². The van der Waals surface area contributed by atoms with E-state index in [2.05, 4.69) is 42.2 Å². The Balaban J connectivity index is 0.000000291. The normalized spacial score (nSPS) is 25.7. The molecule has 70 heavy (non-hydrogen) atoms. The number of aliphatic imine (C=N–C) groups is 1. The van der Waals surface area contributed by atoms with Gasteiger partial charge in [-0.05, 0) is 114 Å². The molecule has 1 spiro atoms. The van der Waals surface area contributed by atoms with Crippen LogP contribution in [0.4, 0.5) is 33.7 Å². The SMILES string of the molecule is CN=C1C=C(N2CCc3c(CN4CCC(CN5CCC6(CCN(C)CC6)C(F)(F)C5)C(F)(F)C4)cccc32)NN2C(C(=O)NC3CCC3)=CNC12.CO.O=Cc1ccc(Cl)c(N2CCC(=O)NC2=O)c1. The zero-order valence-corrected chi connectivity index (χ0v) is 40.7. The van der Waals surface area contributed by atoms with Gasteiger partial charge in [-0.1, -0.05) is 29.8 Å². The Bertz CT molecular complexity index is 2390. The lowest BCUT2D eigenvalue weighted by Crippen LogP contribution is -2.60. The number of carbonyl (C=O) groups is 4. The van der Waals surface area contributed by atoms with Crippen molar-refractivity contribution >= 4 is 52.8 Å². The van der Waals surface area contributed by atoms with Crippen molar-refractivity contribution in [2.45, 2.75) is 88.4 Å². The molecule has 1 saturated carbocycles. The van der Waals surface area contributed by atoms with Crippen molar-refractivity contribution in [3.63, 3.8) is 0 Å². The number of fused-ring (bicyclic) bond motifs is 2. The number of alkyl halides is 4. The fourth-order valence-electron chi connectivity index (χ4n) is 10.8. The lowest BCUT2D eigenvalue weighted by Gasteiger charge is -2.51. The van der Waals surface area contributed by atoms with E-state index in [9.17, 15) is 19.2 Å². The summed E-state index contributed by atoms with van der Waals surface area (Å²) in [5.41, 5.74) is 7.76. The molecule has 7 aliphatic heterocycles.